The summed E-state index contributed by atoms with van der Waals surface area (Å²) in [6.45, 7) is 0. The molecule has 11 aromatic rings. The highest BCUT2D eigenvalue weighted by Crippen LogP contribution is 2.46. The molecule has 0 saturated carbocycles. The molecular weight excluding hydrogens is 701 g/mol. The Labute approximate surface area is 337 Å². The normalized spacial score (nSPS) is 11.4. The zero-order valence-electron chi connectivity index (χ0n) is 31.7. The molecule has 0 aliphatic rings. The van der Waals surface area contributed by atoms with E-state index in [-0.39, 0.29) is 0 Å². The van der Waals surface area contributed by atoms with Crippen molar-refractivity contribution in [3.05, 3.63) is 218 Å². The maximum Gasteiger partial charge on any atom is 0.160 e. The topological polar surface area (TPSA) is 25.8 Å². The summed E-state index contributed by atoms with van der Waals surface area (Å²) >= 11 is 0. The van der Waals surface area contributed by atoms with E-state index in [1.807, 2.05) is 24.3 Å². The minimum absolute atomic E-state index is 0.714. The Bertz CT molecular complexity index is 3260. The maximum atomic E-state index is 5.08. The van der Waals surface area contributed by atoms with Crippen LogP contribution in [0, 0.1) is 0 Å². The van der Waals surface area contributed by atoms with Gasteiger partial charge >= 0.3 is 0 Å². The van der Waals surface area contributed by atoms with E-state index in [1.165, 1.54) is 70.9 Å². The summed E-state index contributed by atoms with van der Waals surface area (Å²) in [7, 11) is 0. The lowest BCUT2D eigenvalue weighted by Crippen LogP contribution is -1.95. The molecular formula is C56H36N2. The molecule has 0 N–H and O–H groups in total. The summed E-state index contributed by atoms with van der Waals surface area (Å²) in [5.74, 6) is 0.714. The van der Waals surface area contributed by atoms with Crippen LogP contribution >= 0.6 is 0 Å². The van der Waals surface area contributed by atoms with E-state index in [1.54, 1.807) is 0 Å². The zero-order valence-corrected chi connectivity index (χ0v) is 31.7. The second-order valence-electron chi connectivity index (χ2n) is 15.0. The van der Waals surface area contributed by atoms with Crippen LogP contribution in [0.25, 0.3) is 110 Å². The van der Waals surface area contributed by atoms with Crippen LogP contribution in [-0.2, 0) is 0 Å². The van der Waals surface area contributed by atoms with E-state index in [4.69, 9.17) is 9.97 Å². The van der Waals surface area contributed by atoms with E-state index in [9.17, 15) is 0 Å². The average molecular weight is 737 g/mol. The Kier molecular flexibility index (Phi) is 8.19. The van der Waals surface area contributed by atoms with Crippen LogP contribution in [0.3, 0.4) is 0 Å². The van der Waals surface area contributed by atoms with Gasteiger partial charge in [-0.2, -0.15) is 0 Å². The summed E-state index contributed by atoms with van der Waals surface area (Å²) in [5.41, 5.74) is 12.2. The zero-order chi connectivity index (χ0) is 38.4. The maximum absolute atomic E-state index is 5.08. The fraction of sp³-hybridized carbons (Fsp3) is 0. The second kappa shape index (κ2) is 14.1. The van der Waals surface area contributed by atoms with Crippen LogP contribution in [0.15, 0.2) is 218 Å². The van der Waals surface area contributed by atoms with Crippen LogP contribution in [0.2, 0.25) is 0 Å². The lowest BCUT2D eigenvalue weighted by molar-refractivity contribution is 1.18. The first-order chi connectivity index (χ1) is 28.7. The quantitative estimate of drug-likeness (QED) is 0.159. The Morgan fingerprint density at radius 1 is 0.224 bits per heavy atom. The molecule has 0 saturated heterocycles. The van der Waals surface area contributed by atoms with Crippen molar-refractivity contribution < 1.29 is 0 Å². The second-order valence-corrected chi connectivity index (χ2v) is 15.0. The first-order valence-corrected chi connectivity index (χ1v) is 19.8. The molecule has 0 bridgehead atoms. The highest BCUT2D eigenvalue weighted by molar-refractivity contribution is 6.22. The monoisotopic (exact) mass is 736 g/mol. The number of hydrogen-bond donors (Lipinski definition) is 0. The van der Waals surface area contributed by atoms with Gasteiger partial charge in [0.25, 0.3) is 0 Å². The molecule has 0 atom stereocenters. The van der Waals surface area contributed by atoms with Crippen LogP contribution in [0.1, 0.15) is 0 Å². The van der Waals surface area contributed by atoms with Crippen molar-refractivity contribution >= 4 is 43.1 Å². The van der Waals surface area contributed by atoms with Gasteiger partial charge in [-0.1, -0.05) is 194 Å². The van der Waals surface area contributed by atoms with Gasteiger partial charge in [-0.05, 0) is 101 Å². The molecule has 0 fully saturated rings. The SMILES string of the molecule is c1ccc(-c2cc(-c3ccc(-c4ccc5c(-c6ccc7ccccc7c6)c6ccccc6c(-c6ccc7ccccc7c6)c5c4)cc3)nc(-c3ccccc3)n2)cc1. The van der Waals surface area contributed by atoms with Crippen molar-refractivity contribution in [1.29, 1.82) is 0 Å². The fourth-order valence-corrected chi connectivity index (χ4v) is 8.57. The average Bonchev–Trinajstić information content (AvgIpc) is 3.30. The predicted octanol–water partition coefficient (Wildman–Crippen LogP) is 15.1. The summed E-state index contributed by atoms with van der Waals surface area (Å²) < 4.78 is 0. The highest BCUT2D eigenvalue weighted by atomic mass is 14.9. The molecule has 0 spiro atoms. The molecule has 0 radical (unpaired) electrons. The van der Waals surface area contributed by atoms with Gasteiger partial charge in [0.1, 0.15) is 0 Å². The summed E-state index contributed by atoms with van der Waals surface area (Å²) in [6.07, 6.45) is 0. The summed E-state index contributed by atoms with van der Waals surface area (Å²) in [4.78, 5) is 10.1. The van der Waals surface area contributed by atoms with Gasteiger partial charge in [0, 0.05) is 16.7 Å². The van der Waals surface area contributed by atoms with Crippen LogP contribution in [0.4, 0.5) is 0 Å². The summed E-state index contributed by atoms with van der Waals surface area (Å²) in [5, 5.41) is 9.92. The van der Waals surface area contributed by atoms with E-state index in [2.05, 4.69) is 194 Å². The Morgan fingerprint density at radius 2 is 0.638 bits per heavy atom. The van der Waals surface area contributed by atoms with Crippen LogP contribution in [-0.4, -0.2) is 9.97 Å². The van der Waals surface area contributed by atoms with E-state index in [0.717, 1.165) is 33.6 Å². The van der Waals surface area contributed by atoms with Crippen LogP contribution < -0.4 is 0 Å². The largest absolute Gasteiger partial charge is 0.228 e. The van der Waals surface area contributed by atoms with E-state index in [0.29, 0.717) is 5.82 Å². The molecule has 0 amide bonds. The molecule has 10 aromatic carbocycles. The number of fused-ring (bicyclic) bond motifs is 4. The van der Waals surface area contributed by atoms with E-state index < -0.39 is 0 Å². The third-order valence-corrected chi connectivity index (χ3v) is 11.4. The van der Waals surface area contributed by atoms with E-state index >= 15 is 0 Å². The van der Waals surface area contributed by atoms with Gasteiger partial charge in [-0.25, -0.2) is 9.97 Å². The Morgan fingerprint density at radius 3 is 1.22 bits per heavy atom. The third kappa shape index (κ3) is 6.00. The minimum Gasteiger partial charge on any atom is -0.228 e. The molecule has 0 aliphatic carbocycles. The fourth-order valence-electron chi connectivity index (χ4n) is 8.57. The van der Waals surface area contributed by atoms with Gasteiger partial charge in [0.2, 0.25) is 0 Å². The van der Waals surface area contributed by atoms with Gasteiger partial charge in [0.05, 0.1) is 11.4 Å². The smallest absolute Gasteiger partial charge is 0.160 e. The number of aromatic nitrogens is 2. The molecule has 1 heterocycles. The molecule has 58 heavy (non-hydrogen) atoms. The number of rotatable bonds is 6. The molecule has 0 aliphatic heterocycles. The van der Waals surface area contributed by atoms with Crippen molar-refractivity contribution in [3.63, 3.8) is 0 Å². The third-order valence-electron chi connectivity index (χ3n) is 11.4. The lowest BCUT2D eigenvalue weighted by Gasteiger charge is -2.19. The lowest BCUT2D eigenvalue weighted by atomic mass is 9.84. The highest BCUT2D eigenvalue weighted by Gasteiger charge is 2.19. The standard InChI is InChI=1S/C56H36N2/c1-3-15-40(16-4-1)52-36-53(58-56(57-52)42-17-5-2-6-18-42)41-27-23-39(24-28-41)45-31-32-50-51(35-45)55(47-30-26-38-14-8-10-20-44(38)34-47)49-22-12-11-21-48(49)54(50)46-29-25-37-13-7-9-19-43(37)33-46/h1-36H. The molecule has 2 heteroatoms. The van der Waals surface area contributed by atoms with Crippen molar-refractivity contribution in [2.75, 3.05) is 0 Å². The molecule has 1 aromatic heterocycles. The predicted molar refractivity (Wildman–Crippen MR) is 245 cm³/mol. The van der Waals surface area contributed by atoms with Crippen molar-refractivity contribution in [3.8, 4) is 67.3 Å². The van der Waals surface area contributed by atoms with Gasteiger partial charge in [-0.15, -0.1) is 0 Å². The number of hydrogen-bond acceptors (Lipinski definition) is 2. The molecule has 0 unspecified atom stereocenters. The Hall–Kier alpha value is -7.68. The van der Waals surface area contributed by atoms with Crippen LogP contribution in [0.5, 0.6) is 0 Å². The molecule has 2 nitrogen and oxygen atoms in total. The minimum atomic E-state index is 0.714. The van der Waals surface area contributed by atoms with Crippen molar-refractivity contribution in [2.24, 2.45) is 0 Å². The first kappa shape index (κ1) is 33.6. The van der Waals surface area contributed by atoms with Gasteiger partial charge < -0.3 is 0 Å². The molecule has 270 valence electrons. The van der Waals surface area contributed by atoms with Crippen molar-refractivity contribution in [1.82, 2.24) is 9.97 Å². The Balaban J connectivity index is 1.09. The van der Waals surface area contributed by atoms with Gasteiger partial charge in [0.15, 0.2) is 5.82 Å². The van der Waals surface area contributed by atoms with Gasteiger partial charge in [-0.3, -0.25) is 0 Å². The number of benzene rings is 10. The first-order valence-electron chi connectivity index (χ1n) is 19.8. The number of nitrogens with zero attached hydrogens (tertiary/aromatic N) is 2. The molecule has 11 rings (SSSR count). The summed E-state index contributed by atoms with van der Waals surface area (Å²) in [6, 6.07) is 78.5. The van der Waals surface area contributed by atoms with Crippen molar-refractivity contribution in [2.45, 2.75) is 0 Å².